The molecule has 31 heavy (non-hydrogen) atoms. The monoisotopic (exact) mass is 424 g/mol. The number of nitrogens with zero attached hydrogens (tertiary/aromatic N) is 4. The molecule has 0 amide bonds. The van der Waals surface area contributed by atoms with Crippen molar-refractivity contribution < 1.29 is 0 Å². The Balaban J connectivity index is 1.43. The van der Waals surface area contributed by atoms with Crippen LogP contribution in [0.3, 0.4) is 0 Å². The Morgan fingerprint density at radius 1 is 1.19 bits per heavy atom. The van der Waals surface area contributed by atoms with E-state index in [2.05, 4.69) is 73.2 Å². The molecule has 1 aromatic carbocycles. The van der Waals surface area contributed by atoms with Crippen LogP contribution >= 0.6 is 11.3 Å². The van der Waals surface area contributed by atoms with Gasteiger partial charge in [0.1, 0.15) is 6.33 Å². The summed E-state index contributed by atoms with van der Waals surface area (Å²) in [6, 6.07) is 14.3. The van der Waals surface area contributed by atoms with Crippen molar-refractivity contribution in [3.63, 3.8) is 0 Å². The van der Waals surface area contributed by atoms with Crippen LogP contribution in [0.5, 0.6) is 0 Å². The van der Waals surface area contributed by atoms with Crippen LogP contribution in [0.4, 0.5) is 11.5 Å². The maximum Gasteiger partial charge on any atom is 0.151 e. The molecule has 5 rings (SSSR count). The minimum Gasteiger partial charge on any atom is -0.343 e. The second kappa shape index (κ2) is 8.19. The number of benzene rings is 1. The number of nitrogens with one attached hydrogen (secondary N) is 1. The Kier molecular flexibility index (Phi) is 5.08. The van der Waals surface area contributed by atoms with Gasteiger partial charge in [-0.1, -0.05) is 17.9 Å². The van der Waals surface area contributed by atoms with Crippen molar-refractivity contribution in [2.75, 3.05) is 5.32 Å². The molecule has 0 unspecified atom stereocenters. The SMILES string of the molecule is C[C@@H](N)C#Cc1cc2ncnc(Nc3ccc4c(ccn4Cc4cccnc4)c3)c2s1. The van der Waals surface area contributed by atoms with E-state index in [0.717, 1.165) is 38.5 Å². The van der Waals surface area contributed by atoms with Crippen LogP contribution in [0.15, 0.2) is 67.4 Å². The third-order valence-corrected chi connectivity index (χ3v) is 5.89. The number of fused-ring (bicyclic) bond motifs is 2. The molecular formula is C24H20N6S. The summed E-state index contributed by atoms with van der Waals surface area (Å²) < 4.78 is 3.20. The molecule has 0 aliphatic rings. The lowest BCUT2D eigenvalue weighted by Gasteiger charge is -2.08. The summed E-state index contributed by atoms with van der Waals surface area (Å²) in [6.07, 6.45) is 7.37. The highest BCUT2D eigenvalue weighted by Gasteiger charge is 2.10. The largest absolute Gasteiger partial charge is 0.343 e. The molecule has 5 aromatic rings. The molecule has 0 aliphatic carbocycles. The van der Waals surface area contributed by atoms with Gasteiger partial charge in [-0.25, -0.2) is 9.97 Å². The van der Waals surface area contributed by atoms with Crippen molar-refractivity contribution >= 4 is 44.0 Å². The first kappa shape index (κ1) is 19.2. The second-order valence-electron chi connectivity index (χ2n) is 7.31. The molecule has 1 atom stereocenters. The number of hydrogen-bond acceptors (Lipinski definition) is 6. The summed E-state index contributed by atoms with van der Waals surface area (Å²) >= 11 is 1.57. The summed E-state index contributed by atoms with van der Waals surface area (Å²) in [5.41, 5.74) is 9.94. The van der Waals surface area contributed by atoms with Crippen LogP contribution in [-0.4, -0.2) is 25.6 Å². The lowest BCUT2D eigenvalue weighted by molar-refractivity contribution is 0.832. The Morgan fingerprint density at radius 3 is 2.97 bits per heavy atom. The van der Waals surface area contributed by atoms with Gasteiger partial charge in [-0.05, 0) is 48.9 Å². The third-order valence-electron chi connectivity index (χ3n) is 4.84. The minimum atomic E-state index is -0.161. The van der Waals surface area contributed by atoms with Gasteiger partial charge in [0.2, 0.25) is 0 Å². The molecule has 3 N–H and O–H groups in total. The number of thiophene rings is 1. The Morgan fingerprint density at radius 2 is 2.13 bits per heavy atom. The Bertz CT molecular complexity index is 1420. The zero-order valence-electron chi connectivity index (χ0n) is 16.9. The van der Waals surface area contributed by atoms with E-state index in [-0.39, 0.29) is 6.04 Å². The molecule has 0 saturated carbocycles. The average molecular weight is 425 g/mol. The molecule has 6 nitrogen and oxygen atoms in total. The van der Waals surface area contributed by atoms with Crippen molar-refractivity contribution in [2.24, 2.45) is 5.73 Å². The van der Waals surface area contributed by atoms with E-state index in [4.69, 9.17) is 5.73 Å². The molecule has 0 saturated heterocycles. The van der Waals surface area contributed by atoms with Crippen molar-refractivity contribution in [3.8, 4) is 11.8 Å². The van der Waals surface area contributed by atoms with Crippen molar-refractivity contribution in [1.82, 2.24) is 19.5 Å². The molecule has 0 aliphatic heterocycles. The van der Waals surface area contributed by atoms with E-state index in [1.165, 1.54) is 11.1 Å². The first-order valence-electron chi connectivity index (χ1n) is 9.92. The molecule has 0 fully saturated rings. The van der Waals surface area contributed by atoms with Gasteiger partial charge in [0.05, 0.1) is 21.1 Å². The summed E-state index contributed by atoms with van der Waals surface area (Å²) in [7, 11) is 0. The average Bonchev–Trinajstić information content (AvgIpc) is 3.37. The number of rotatable bonds is 4. The van der Waals surface area contributed by atoms with Gasteiger partial charge < -0.3 is 15.6 Å². The van der Waals surface area contributed by atoms with Crippen LogP contribution in [0, 0.1) is 11.8 Å². The lowest BCUT2D eigenvalue weighted by atomic mass is 10.2. The predicted octanol–water partition coefficient (Wildman–Crippen LogP) is 4.53. The fraction of sp³-hybridized carbons (Fsp3) is 0.125. The Hall–Kier alpha value is -3.73. The maximum absolute atomic E-state index is 5.74. The molecule has 7 heteroatoms. The van der Waals surface area contributed by atoms with Crippen molar-refractivity contribution in [2.45, 2.75) is 19.5 Å². The standard InChI is InChI=1S/C24H20N6S/c1-16(25)4-6-20-12-21-23(31-20)24(28-15-27-21)29-19-5-7-22-18(11-19)8-10-30(22)14-17-3-2-9-26-13-17/h2-3,5,7-13,15-16H,14,25H2,1H3,(H,27,28,29)/t16-/m1/s1. The number of nitrogens with two attached hydrogens (primary N) is 1. The highest BCUT2D eigenvalue weighted by atomic mass is 32.1. The number of hydrogen-bond donors (Lipinski definition) is 2. The van der Waals surface area contributed by atoms with Gasteiger partial charge >= 0.3 is 0 Å². The topological polar surface area (TPSA) is 81.6 Å². The fourth-order valence-electron chi connectivity index (χ4n) is 3.43. The van der Waals surface area contributed by atoms with Crippen LogP contribution in [-0.2, 0) is 6.54 Å². The van der Waals surface area contributed by atoms with Crippen LogP contribution in [0.2, 0.25) is 0 Å². The molecule has 4 aromatic heterocycles. The normalized spacial score (nSPS) is 11.9. The summed E-state index contributed by atoms with van der Waals surface area (Å²) in [4.78, 5) is 14.0. The highest BCUT2D eigenvalue weighted by molar-refractivity contribution is 7.20. The van der Waals surface area contributed by atoms with E-state index in [9.17, 15) is 0 Å². The van der Waals surface area contributed by atoms with Gasteiger partial charge in [0.25, 0.3) is 0 Å². The number of aromatic nitrogens is 4. The van der Waals surface area contributed by atoms with E-state index in [0.29, 0.717) is 0 Å². The molecule has 0 radical (unpaired) electrons. The van der Waals surface area contributed by atoms with E-state index in [1.807, 2.05) is 25.3 Å². The number of anilines is 2. The smallest absolute Gasteiger partial charge is 0.151 e. The van der Waals surface area contributed by atoms with Gasteiger partial charge in [0, 0.05) is 41.7 Å². The quantitative estimate of drug-likeness (QED) is 0.414. The van der Waals surface area contributed by atoms with Gasteiger partial charge in [-0.3, -0.25) is 4.98 Å². The second-order valence-corrected chi connectivity index (χ2v) is 8.36. The van der Waals surface area contributed by atoms with Crippen LogP contribution in [0.1, 0.15) is 17.4 Å². The predicted molar refractivity (Wildman–Crippen MR) is 127 cm³/mol. The highest BCUT2D eigenvalue weighted by Crippen LogP contribution is 2.31. The van der Waals surface area contributed by atoms with Crippen LogP contribution in [0.25, 0.3) is 21.1 Å². The third kappa shape index (κ3) is 4.12. The first-order valence-corrected chi connectivity index (χ1v) is 10.7. The first-order chi connectivity index (χ1) is 15.2. The zero-order chi connectivity index (χ0) is 21.2. The molecule has 4 heterocycles. The summed E-state index contributed by atoms with van der Waals surface area (Å²) in [6.45, 7) is 2.66. The zero-order valence-corrected chi connectivity index (χ0v) is 17.7. The summed E-state index contributed by atoms with van der Waals surface area (Å²) in [5, 5.41) is 4.60. The lowest BCUT2D eigenvalue weighted by Crippen LogP contribution is -2.10. The summed E-state index contributed by atoms with van der Waals surface area (Å²) in [5.74, 6) is 6.88. The number of pyridine rings is 1. The van der Waals surface area contributed by atoms with Gasteiger partial charge in [0.15, 0.2) is 5.82 Å². The molecular weight excluding hydrogens is 404 g/mol. The minimum absolute atomic E-state index is 0.161. The van der Waals surface area contributed by atoms with E-state index < -0.39 is 0 Å². The molecule has 152 valence electrons. The van der Waals surface area contributed by atoms with Crippen LogP contribution < -0.4 is 11.1 Å². The van der Waals surface area contributed by atoms with E-state index >= 15 is 0 Å². The van der Waals surface area contributed by atoms with Gasteiger partial charge in [-0.2, -0.15) is 0 Å². The van der Waals surface area contributed by atoms with E-state index in [1.54, 1.807) is 23.9 Å². The molecule has 0 spiro atoms. The fourth-order valence-corrected chi connectivity index (χ4v) is 4.35. The Labute approximate surface area is 183 Å². The van der Waals surface area contributed by atoms with Crippen molar-refractivity contribution in [3.05, 3.63) is 77.8 Å². The van der Waals surface area contributed by atoms with Crippen molar-refractivity contribution in [1.29, 1.82) is 0 Å². The maximum atomic E-state index is 5.74. The van der Waals surface area contributed by atoms with Gasteiger partial charge in [-0.15, -0.1) is 11.3 Å². The molecule has 0 bridgehead atoms.